The first-order chi connectivity index (χ1) is 8.66. The van der Waals surface area contributed by atoms with E-state index < -0.39 is 12.1 Å². The van der Waals surface area contributed by atoms with Crippen LogP contribution in [0.2, 0.25) is 5.02 Å². The van der Waals surface area contributed by atoms with E-state index in [1.807, 2.05) is 42.5 Å². The number of aliphatic hydroxyl groups excluding tert-OH is 1. The quantitative estimate of drug-likeness (QED) is 0.889. The molecule has 2 aromatic carbocycles. The molecule has 0 amide bonds. The summed E-state index contributed by atoms with van der Waals surface area (Å²) in [4.78, 5) is 0. The third-order valence-corrected chi connectivity index (χ3v) is 3.21. The molecule has 0 aliphatic heterocycles. The van der Waals surface area contributed by atoms with Gasteiger partial charge in [-0.15, -0.1) is 0 Å². The molecule has 0 bridgehead atoms. The third-order valence-electron chi connectivity index (χ3n) is 2.96. The average molecular weight is 262 g/mol. The summed E-state index contributed by atoms with van der Waals surface area (Å²) in [5.74, 6) is 0. The molecule has 18 heavy (non-hydrogen) atoms. The van der Waals surface area contributed by atoms with Gasteiger partial charge in [0, 0.05) is 11.4 Å². The van der Waals surface area contributed by atoms with E-state index in [0.717, 1.165) is 11.1 Å². The van der Waals surface area contributed by atoms with Crippen molar-refractivity contribution in [2.24, 2.45) is 5.73 Å². The van der Waals surface area contributed by atoms with Gasteiger partial charge < -0.3 is 10.8 Å². The third kappa shape index (κ3) is 3.33. The number of benzene rings is 2. The number of rotatable bonds is 4. The molecule has 2 atom stereocenters. The van der Waals surface area contributed by atoms with Gasteiger partial charge in [0.1, 0.15) is 0 Å². The zero-order valence-electron chi connectivity index (χ0n) is 9.96. The number of hydrogen-bond donors (Lipinski definition) is 2. The number of hydrogen-bond acceptors (Lipinski definition) is 2. The maximum atomic E-state index is 10.1. The zero-order valence-corrected chi connectivity index (χ0v) is 10.7. The summed E-state index contributed by atoms with van der Waals surface area (Å²) in [6.07, 6.45) is -0.0569. The van der Waals surface area contributed by atoms with Crippen LogP contribution in [0.1, 0.15) is 17.2 Å². The summed E-state index contributed by atoms with van der Waals surface area (Å²) < 4.78 is 0. The van der Waals surface area contributed by atoms with Crippen LogP contribution in [-0.4, -0.2) is 11.2 Å². The molecule has 0 aliphatic rings. The van der Waals surface area contributed by atoms with Gasteiger partial charge in [0.15, 0.2) is 0 Å². The Bertz CT molecular complexity index is 484. The Morgan fingerprint density at radius 3 is 2.22 bits per heavy atom. The van der Waals surface area contributed by atoms with Gasteiger partial charge >= 0.3 is 0 Å². The lowest BCUT2D eigenvalue weighted by molar-refractivity contribution is 0.145. The predicted molar refractivity (Wildman–Crippen MR) is 74.5 cm³/mol. The molecule has 0 saturated heterocycles. The number of nitrogens with two attached hydrogens (primary N) is 1. The van der Waals surface area contributed by atoms with Crippen molar-refractivity contribution in [2.75, 3.05) is 0 Å². The summed E-state index contributed by atoms with van der Waals surface area (Å²) in [5, 5.41) is 10.8. The topological polar surface area (TPSA) is 46.2 Å². The second-order valence-electron chi connectivity index (χ2n) is 4.33. The van der Waals surface area contributed by atoms with Gasteiger partial charge in [-0.2, -0.15) is 0 Å². The zero-order chi connectivity index (χ0) is 13.0. The molecule has 0 radical (unpaired) electrons. The largest absolute Gasteiger partial charge is 0.391 e. The molecular formula is C15H16ClNO. The van der Waals surface area contributed by atoms with E-state index in [1.54, 1.807) is 12.1 Å². The molecule has 0 unspecified atom stereocenters. The summed E-state index contributed by atoms with van der Waals surface area (Å²) >= 11 is 5.82. The molecule has 2 nitrogen and oxygen atoms in total. The number of aliphatic hydroxyl groups is 1. The van der Waals surface area contributed by atoms with E-state index in [9.17, 15) is 5.11 Å². The predicted octanol–water partition coefficient (Wildman–Crippen LogP) is 2.94. The van der Waals surface area contributed by atoms with Crippen molar-refractivity contribution in [1.29, 1.82) is 0 Å². The van der Waals surface area contributed by atoms with Crippen LogP contribution in [0, 0.1) is 0 Å². The van der Waals surface area contributed by atoms with Crippen molar-refractivity contribution >= 4 is 11.6 Å². The van der Waals surface area contributed by atoms with Crippen molar-refractivity contribution in [3.8, 4) is 0 Å². The van der Waals surface area contributed by atoms with Crippen molar-refractivity contribution in [3.05, 3.63) is 70.7 Å². The fourth-order valence-corrected chi connectivity index (χ4v) is 2.02. The van der Waals surface area contributed by atoms with Gasteiger partial charge in [0.25, 0.3) is 0 Å². The molecule has 3 heteroatoms. The van der Waals surface area contributed by atoms with E-state index in [-0.39, 0.29) is 0 Å². The van der Waals surface area contributed by atoms with Crippen LogP contribution in [0.4, 0.5) is 0 Å². The van der Waals surface area contributed by atoms with E-state index >= 15 is 0 Å². The Morgan fingerprint density at radius 1 is 1.00 bits per heavy atom. The molecule has 94 valence electrons. The Balaban J connectivity index is 2.05. The van der Waals surface area contributed by atoms with Crippen molar-refractivity contribution in [1.82, 2.24) is 0 Å². The summed E-state index contributed by atoms with van der Waals surface area (Å²) in [6, 6.07) is 16.7. The minimum atomic E-state index is -0.603. The molecule has 2 aromatic rings. The molecule has 0 heterocycles. The Labute approximate surface area is 112 Å². The molecule has 0 aliphatic carbocycles. The molecule has 0 fully saturated rings. The van der Waals surface area contributed by atoms with Crippen LogP contribution >= 0.6 is 11.6 Å². The van der Waals surface area contributed by atoms with Crippen LogP contribution in [0.25, 0.3) is 0 Å². The van der Waals surface area contributed by atoms with Gasteiger partial charge in [-0.25, -0.2) is 0 Å². The fraction of sp³-hybridized carbons (Fsp3) is 0.200. The monoisotopic (exact) mass is 261 g/mol. The lowest BCUT2D eigenvalue weighted by atomic mass is 9.97. The second-order valence-corrected chi connectivity index (χ2v) is 4.77. The SMILES string of the molecule is N[C@@H](c1ccc(Cl)cc1)[C@H](O)Cc1ccccc1. The van der Waals surface area contributed by atoms with Gasteiger partial charge in [-0.1, -0.05) is 54.1 Å². The van der Waals surface area contributed by atoms with Gasteiger partial charge in [-0.05, 0) is 23.3 Å². The maximum absolute atomic E-state index is 10.1. The van der Waals surface area contributed by atoms with Gasteiger partial charge in [0.05, 0.1) is 12.1 Å². The first kappa shape index (κ1) is 13.1. The fourth-order valence-electron chi connectivity index (χ4n) is 1.89. The highest BCUT2D eigenvalue weighted by molar-refractivity contribution is 6.30. The van der Waals surface area contributed by atoms with Gasteiger partial charge in [-0.3, -0.25) is 0 Å². The summed E-state index contributed by atoms with van der Waals surface area (Å²) in [5.41, 5.74) is 8.01. The van der Waals surface area contributed by atoms with Crippen molar-refractivity contribution in [2.45, 2.75) is 18.6 Å². The van der Waals surface area contributed by atoms with E-state index in [0.29, 0.717) is 11.4 Å². The summed E-state index contributed by atoms with van der Waals surface area (Å²) in [6.45, 7) is 0. The molecule has 3 N–H and O–H groups in total. The molecule has 0 aromatic heterocycles. The number of halogens is 1. The molecule has 0 saturated carbocycles. The Kier molecular flexibility index (Phi) is 4.37. The Morgan fingerprint density at radius 2 is 1.61 bits per heavy atom. The van der Waals surface area contributed by atoms with Crippen LogP contribution in [-0.2, 0) is 6.42 Å². The first-order valence-electron chi connectivity index (χ1n) is 5.90. The molecule has 2 rings (SSSR count). The minimum absolute atomic E-state index is 0.400. The molecule has 0 spiro atoms. The second kappa shape index (κ2) is 6.01. The lowest BCUT2D eigenvalue weighted by Gasteiger charge is -2.19. The van der Waals surface area contributed by atoms with E-state index in [4.69, 9.17) is 17.3 Å². The van der Waals surface area contributed by atoms with Crippen LogP contribution < -0.4 is 5.73 Å². The smallest absolute Gasteiger partial charge is 0.0773 e. The lowest BCUT2D eigenvalue weighted by Crippen LogP contribution is -2.28. The normalized spacial score (nSPS) is 14.2. The van der Waals surface area contributed by atoms with Crippen molar-refractivity contribution in [3.63, 3.8) is 0 Å². The maximum Gasteiger partial charge on any atom is 0.0773 e. The minimum Gasteiger partial charge on any atom is -0.391 e. The highest BCUT2D eigenvalue weighted by Gasteiger charge is 2.16. The highest BCUT2D eigenvalue weighted by Crippen LogP contribution is 2.19. The van der Waals surface area contributed by atoms with E-state index in [2.05, 4.69) is 0 Å². The summed E-state index contributed by atoms with van der Waals surface area (Å²) in [7, 11) is 0. The Hall–Kier alpha value is -1.35. The van der Waals surface area contributed by atoms with Gasteiger partial charge in [0.2, 0.25) is 0 Å². The van der Waals surface area contributed by atoms with E-state index in [1.165, 1.54) is 0 Å². The average Bonchev–Trinajstić information content (AvgIpc) is 2.40. The molecular weight excluding hydrogens is 246 g/mol. The van der Waals surface area contributed by atoms with Crippen molar-refractivity contribution < 1.29 is 5.11 Å². The van der Waals surface area contributed by atoms with Crippen LogP contribution in [0.3, 0.4) is 0 Å². The standard InChI is InChI=1S/C15H16ClNO/c16-13-8-6-12(7-9-13)15(17)14(18)10-11-4-2-1-3-5-11/h1-9,14-15,18H,10,17H2/t14-,15+/m1/s1. The van der Waals surface area contributed by atoms with Crippen LogP contribution in [0.5, 0.6) is 0 Å². The van der Waals surface area contributed by atoms with Crippen LogP contribution in [0.15, 0.2) is 54.6 Å². The first-order valence-corrected chi connectivity index (χ1v) is 6.27. The highest BCUT2D eigenvalue weighted by atomic mass is 35.5.